The summed E-state index contributed by atoms with van der Waals surface area (Å²) in [6.45, 7) is 7.55. The smallest absolute Gasteiger partial charge is 0.410 e. The summed E-state index contributed by atoms with van der Waals surface area (Å²) in [7, 11) is 0. The number of amides is 1. The third-order valence-corrected chi connectivity index (χ3v) is 4.24. The molecular formula is C16H24Cl2N4O2. The summed E-state index contributed by atoms with van der Waals surface area (Å²) in [6, 6.07) is 0.112. The molecule has 1 amide bonds. The SMILES string of the molecule is CC(C)(C)OC(=O)N1CCCC[C@H]1CNCc1cnc(Cl)nc1Cl. The summed E-state index contributed by atoms with van der Waals surface area (Å²) in [6.07, 6.45) is 4.43. The van der Waals surface area contributed by atoms with E-state index in [1.165, 1.54) is 0 Å². The van der Waals surface area contributed by atoms with Crippen LogP contribution in [0, 0.1) is 0 Å². The molecule has 134 valence electrons. The number of piperidine rings is 1. The van der Waals surface area contributed by atoms with E-state index in [0.29, 0.717) is 18.2 Å². The van der Waals surface area contributed by atoms with Gasteiger partial charge in [-0.05, 0) is 51.6 Å². The number of nitrogens with one attached hydrogen (secondary N) is 1. The fourth-order valence-electron chi connectivity index (χ4n) is 2.63. The van der Waals surface area contributed by atoms with Crippen LogP contribution < -0.4 is 5.32 Å². The molecule has 1 aromatic rings. The van der Waals surface area contributed by atoms with Crippen molar-refractivity contribution in [3.8, 4) is 0 Å². The van der Waals surface area contributed by atoms with Gasteiger partial charge in [0.1, 0.15) is 10.8 Å². The Balaban J connectivity index is 1.90. The van der Waals surface area contributed by atoms with Crippen molar-refractivity contribution >= 4 is 29.3 Å². The van der Waals surface area contributed by atoms with E-state index < -0.39 is 5.60 Å². The monoisotopic (exact) mass is 374 g/mol. The van der Waals surface area contributed by atoms with Crippen LogP contribution in [0.15, 0.2) is 6.20 Å². The van der Waals surface area contributed by atoms with Crippen molar-refractivity contribution in [3.63, 3.8) is 0 Å². The first kappa shape index (κ1) is 19.2. The van der Waals surface area contributed by atoms with Gasteiger partial charge in [-0.15, -0.1) is 0 Å². The number of halogens is 2. The molecule has 1 aliphatic heterocycles. The molecule has 0 saturated carbocycles. The van der Waals surface area contributed by atoms with Crippen LogP contribution in [0.2, 0.25) is 10.4 Å². The van der Waals surface area contributed by atoms with Crippen molar-refractivity contribution in [3.05, 3.63) is 22.2 Å². The van der Waals surface area contributed by atoms with Crippen LogP contribution in [0.5, 0.6) is 0 Å². The lowest BCUT2D eigenvalue weighted by Crippen LogP contribution is -2.50. The maximum absolute atomic E-state index is 12.4. The minimum absolute atomic E-state index is 0.112. The van der Waals surface area contributed by atoms with Gasteiger partial charge in [-0.1, -0.05) is 11.6 Å². The maximum Gasteiger partial charge on any atom is 0.410 e. The van der Waals surface area contributed by atoms with Gasteiger partial charge in [-0.25, -0.2) is 14.8 Å². The Morgan fingerprint density at radius 3 is 2.83 bits per heavy atom. The van der Waals surface area contributed by atoms with E-state index in [2.05, 4.69) is 15.3 Å². The van der Waals surface area contributed by atoms with Crippen LogP contribution in [0.4, 0.5) is 4.79 Å². The molecule has 1 fully saturated rings. The predicted molar refractivity (Wildman–Crippen MR) is 94.3 cm³/mol. The highest BCUT2D eigenvalue weighted by Gasteiger charge is 2.30. The molecule has 1 aromatic heterocycles. The highest BCUT2D eigenvalue weighted by atomic mass is 35.5. The van der Waals surface area contributed by atoms with Crippen LogP contribution in [0.3, 0.4) is 0 Å². The number of hydrogen-bond acceptors (Lipinski definition) is 5. The molecule has 8 heteroatoms. The number of rotatable bonds is 4. The Morgan fingerprint density at radius 1 is 1.42 bits per heavy atom. The van der Waals surface area contributed by atoms with Gasteiger partial charge in [-0.2, -0.15) is 0 Å². The van der Waals surface area contributed by atoms with E-state index in [-0.39, 0.29) is 17.4 Å². The normalized spacial score (nSPS) is 18.5. The summed E-state index contributed by atoms with van der Waals surface area (Å²) in [5.74, 6) is 0. The highest BCUT2D eigenvalue weighted by Crippen LogP contribution is 2.20. The van der Waals surface area contributed by atoms with Crippen LogP contribution in [0.25, 0.3) is 0 Å². The van der Waals surface area contributed by atoms with Crippen molar-refractivity contribution in [2.45, 2.75) is 58.2 Å². The molecule has 1 saturated heterocycles. The van der Waals surface area contributed by atoms with Gasteiger partial charge in [0, 0.05) is 37.4 Å². The molecular weight excluding hydrogens is 351 g/mol. The van der Waals surface area contributed by atoms with Crippen LogP contribution >= 0.6 is 23.2 Å². The quantitative estimate of drug-likeness (QED) is 0.643. The molecule has 0 spiro atoms. The lowest BCUT2D eigenvalue weighted by molar-refractivity contribution is 0.00993. The lowest BCUT2D eigenvalue weighted by atomic mass is 10.0. The Labute approximate surface area is 152 Å². The minimum atomic E-state index is -0.485. The molecule has 1 N–H and O–H groups in total. The van der Waals surface area contributed by atoms with Crippen LogP contribution in [-0.4, -0.2) is 45.7 Å². The Kier molecular flexibility index (Phi) is 6.66. The fraction of sp³-hybridized carbons (Fsp3) is 0.688. The zero-order chi connectivity index (χ0) is 17.7. The third-order valence-electron chi connectivity index (χ3n) is 3.73. The number of likely N-dealkylation sites (tertiary alicyclic amines) is 1. The van der Waals surface area contributed by atoms with Crippen molar-refractivity contribution in [1.29, 1.82) is 0 Å². The minimum Gasteiger partial charge on any atom is -0.444 e. The van der Waals surface area contributed by atoms with Gasteiger partial charge < -0.3 is 15.0 Å². The molecule has 0 radical (unpaired) electrons. The molecule has 6 nitrogen and oxygen atoms in total. The van der Waals surface area contributed by atoms with Crippen molar-refractivity contribution in [2.75, 3.05) is 13.1 Å². The standard InChI is InChI=1S/C16H24Cl2N4O2/c1-16(2,3)24-15(23)22-7-5-4-6-12(22)10-19-8-11-9-20-14(18)21-13(11)17/h9,12,19H,4-8,10H2,1-3H3/t12-/m0/s1. The Hall–Kier alpha value is -1.11. The Bertz CT molecular complexity index is 578. The molecule has 0 aromatic carbocycles. The summed E-state index contributed by atoms with van der Waals surface area (Å²) < 4.78 is 5.51. The van der Waals surface area contributed by atoms with Crippen molar-refractivity contribution < 1.29 is 9.53 Å². The Morgan fingerprint density at radius 2 is 2.17 bits per heavy atom. The molecule has 0 aliphatic carbocycles. The van der Waals surface area contributed by atoms with E-state index in [4.69, 9.17) is 27.9 Å². The fourth-order valence-corrected chi connectivity index (χ4v) is 3.00. The highest BCUT2D eigenvalue weighted by molar-refractivity contribution is 6.32. The number of hydrogen-bond donors (Lipinski definition) is 1. The maximum atomic E-state index is 12.4. The van der Waals surface area contributed by atoms with Gasteiger partial charge >= 0.3 is 6.09 Å². The van der Waals surface area contributed by atoms with E-state index in [9.17, 15) is 4.79 Å². The van der Waals surface area contributed by atoms with Gasteiger partial charge in [0.25, 0.3) is 0 Å². The molecule has 1 atom stereocenters. The second-order valence-electron chi connectivity index (χ2n) is 6.91. The van der Waals surface area contributed by atoms with Gasteiger partial charge in [-0.3, -0.25) is 0 Å². The summed E-state index contributed by atoms with van der Waals surface area (Å²) in [5, 5.41) is 3.80. The topological polar surface area (TPSA) is 67.3 Å². The summed E-state index contributed by atoms with van der Waals surface area (Å²) >= 11 is 11.7. The van der Waals surface area contributed by atoms with Crippen molar-refractivity contribution in [1.82, 2.24) is 20.2 Å². The molecule has 0 bridgehead atoms. The first-order chi connectivity index (χ1) is 11.3. The van der Waals surface area contributed by atoms with E-state index in [0.717, 1.165) is 31.4 Å². The number of ether oxygens (including phenoxy) is 1. The largest absolute Gasteiger partial charge is 0.444 e. The van der Waals surface area contributed by atoms with E-state index in [1.807, 2.05) is 25.7 Å². The first-order valence-electron chi connectivity index (χ1n) is 8.13. The third kappa shape index (κ3) is 5.76. The number of aromatic nitrogens is 2. The number of carbonyl (C=O) groups is 1. The van der Waals surface area contributed by atoms with Gasteiger partial charge in [0.15, 0.2) is 0 Å². The molecule has 2 heterocycles. The second kappa shape index (κ2) is 8.32. The molecule has 2 rings (SSSR count). The predicted octanol–water partition coefficient (Wildman–Crippen LogP) is 3.66. The number of carbonyl (C=O) groups excluding carboxylic acids is 1. The average Bonchev–Trinajstić information content (AvgIpc) is 2.48. The zero-order valence-corrected chi connectivity index (χ0v) is 15.8. The lowest BCUT2D eigenvalue weighted by Gasteiger charge is -2.37. The average molecular weight is 375 g/mol. The first-order valence-corrected chi connectivity index (χ1v) is 8.89. The van der Waals surface area contributed by atoms with Crippen LogP contribution in [0.1, 0.15) is 45.6 Å². The zero-order valence-electron chi connectivity index (χ0n) is 14.3. The summed E-state index contributed by atoms with van der Waals surface area (Å²) in [5.41, 5.74) is 0.293. The van der Waals surface area contributed by atoms with E-state index in [1.54, 1.807) is 6.20 Å². The van der Waals surface area contributed by atoms with Gasteiger partial charge in [0.2, 0.25) is 5.28 Å². The van der Waals surface area contributed by atoms with Crippen LogP contribution in [-0.2, 0) is 11.3 Å². The summed E-state index contributed by atoms with van der Waals surface area (Å²) in [4.78, 5) is 22.0. The van der Waals surface area contributed by atoms with Gasteiger partial charge in [0.05, 0.1) is 0 Å². The van der Waals surface area contributed by atoms with Crippen molar-refractivity contribution in [2.24, 2.45) is 0 Å². The second-order valence-corrected chi connectivity index (χ2v) is 7.61. The van der Waals surface area contributed by atoms with E-state index >= 15 is 0 Å². The molecule has 1 aliphatic rings. The molecule has 0 unspecified atom stereocenters. The molecule has 24 heavy (non-hydrogen) atoms. The number of nitrogens with zero attached hydrogens (tertiary/aromatic N) is 3.